The first-order chi connectivity index (χ1) is 12.7. The summed E-state index contributed by atoms with van der Waals surface area (Å²) in [5.74, 6) is 0.577. The first-order valence-electron chi connectivity index (χ1n) is 8.38. The van der Waals surface area contributed by atoms with Crippen molar-refractivity contribution >= 4 is 22.5 Å². The first-order valence-corrected chi connectivity index (χ1v) is 8.76. The standard InChI is InChI=1S/C21H18ClN3O/c1-14-5-3-6-17-19(22)18(21(26-2)24-20(14)17)13-15-7-9-16(10-8-15)25-12-4-11-23-25/h3-12H,13H2,1-2H3. The molecule has 5 heteroatoms. The summed E-state index contributed by atoms with van der Waals surface area (Å²) in [6.07, 6.45) is 4.34. The second-order valence-corrected chi connectivity index (χ2v) is 6.56. The minimum Gasteiger partial charge on any atom is -0.481 e. The molecule has 0 aliphatic rings. The number of methoxy groups -OCH3 is 1. The van der Waals surface area contributed by atoms with Gasteiger partial charge in [0.1, 0.15) is 0 Å². The SMILES string of the molecule is COc1nc2c(C)cccc2c(Cl)c1Cc1ccc(-n2cccn2)cc1. The molecule has 0 aliphatic carbocycles. The average Bonchev–Trinajstić information content (AvgIpc) is 3.20. The Labute approximate surface area is 157 Å². The molecule has 26 heavy (non-hydrogen) atoms. The molecule has 0 unspecified atom stereocenters. The number of para-hydroxylation sites is 1. The zero-order valence-electron chi connectivity index (χ0n) is 14.6. The van der Waals surface area contributed by atoms with Crippen molar-refractivity contribution in [1.82, 2.24) is 14.8 Å². The molecule has 2 heterocycles. The van der Waals surface area contributed by atoms with Gasteiger partial charge in [0.2, 0.25) is 5.88 Å². The van der Waals surface area contributed by atoms with Crippen LogP contribution >= 0.6 is 11.6 Å². The molecule has 2 aromatic heterocycles. The average molecular weight is 364 g/mol. The molecule has 0 amide bonds. The lowest BCUT2D eigenvalue weighted by Crippen LogP contribution is -2.00. The van der Waals surface area contributed by atoms with E-state index < -0.39 is 0 Å². The van der Waals surface area contributed by atoms with Crippen LogP contribution in [-0.4, -0.2) is 21.9 Å². The molecular formula is C21H18ClN3O. The van der Waals surface area contributed by atoms with Crippen LogP contribution in [0.4, 0.5) is 0 Å². The smallest absolute Gasteiger partial charge is 0.218 e. The van der Waals surface area contributed by atoms with Gasteiger partial charge in [0.15, 0.2) is 0 Å². The van der Waals surface area contributed by atoms with Crippen molar-refractivity contribution in [3.05, 3.63) is 82.6 Å². The van der Waals surface area contributed by atoms with Gasteiger partial charge in [-0.1, -0.05) is 41.9 Å². The van der Waals surface area contributed by atoms with E-state index in [0.717, 1.165) is 33.3 Å². The summed E-state index contributed by atoms with van der Waals surface area (Å²) in [5, 5.41) is 5.90. The Balaban J connectivity index is 1.74. The highest BCUT2D eigenvalue weighted by Crippen LogP contribution is 2.35. The summed E-state index contributed by atoms with van der Waals surface area (Å²) >= 11 is 6.73. The maximum absolute atomic E-state index is 6.73. The number of hydrogen-bond acceptors (Lipinski definition) is 3. The fourth-order valence-corrected chi connectivity index (χ4v) is 3.42. The molecule has 0 N–H and O–H groups in total. The number of ether oxygens (including phenoxy) is 1. The van der Waals surface area contributed by atoms with Crippen molar-refractivity contribution in [2.75, 3.05) is 7.11 Å². The largest absolute Gasteiger partial charge is 0.481 e. The predicted octanol–water partition coefficient (Wildman–Crippen LogP) is 4.98. The maximum atomic E-state index is 6.73. The first kappa shape index (κ1) is 16.6. The molecule has 0 fully saturated rings. The lowest BCUT2D eigenvalue weighted by molar-refractivity contribution is 0.395. The number of rotatable bonds is 4. The van der Waals surface area contributed by atoms with Crippen LogP contribution in [0.1, 0.15) is 16.7 Å². The van der Waals surface area contributed by atoms with Crippen LogP contribution in [0.25, 0.3) is 16.6 Å². The van der Waals surface area contributed by atoms with E-state index >= 15 is 0 Å². The van der Waals surface area contributed by atoms with Crippen molar-refractivity contribution in [3.8, 4) is 11.6 Å². The second kappa shape index (κ2) is 6.81. The molecule has 0 saturated heterocycles. The van der Waals surface area contributed by atoms with Gasteiger partial charge in [-0.3, -0.25) is 0 Å². The van der Waals surface area contributed by atoms with Gasteiger partial charge in [-0.05, 0) is 36.2 Å². The van der Waals surface area contributed by atoms with E-state index in [4.69, 9.17) is 16.3 Å². The number of aromatic nitrogens is 3. The Morgan fingerprint density at radius 1 is 1.08 bits per heavy atom. The van der Waals surface area contributed by atoms with E-state index in [1.807, 2.05) is 54.2 Å². The normalized spacial score (nSPS) is 11.0. The van der Waals surface area contributed by atoms with Crippen LogP contribution in [0.5, 0.6) is 5.88 Å². The molecule has 130 valence electrons. The molecule has 0 atom stereocenters. The highest BCUT2D eigenvalue weighted by molar-refractivity contribution is 6.36. The highest BCUT2D eigenvalue weighted by atomic mass is 35.5. The predicted molar refractivity (Wildman–Crippen MR) is 104 cm³/mol. The second-order valence-electron chi connectivity index (χ2n) is 6.18. The highest BCUT2D eigenvalue weighted by Gasteiger charge is 2.16. The zero-order valence-corrected chi connectivity index (χ0v) is 15.4. The summed E-state index contributed by atoms with van der Waals surface area (Å²) in [7, 11) is 1.63. The van der Waals surface area contributed by atoms with E-state index in [1.165, 1.54) is 0 Å². The van der Waals surface area contributed by atoms with Crippen molar-refractivity contribution in [3.63, 3.8) is 0 Å². The third-order valence-corrected chi connectivity index (χ3v) is 4.92. The third-order valence-electron chi connectivity index (χ3n) is 4.49. The van der Waals surface area contributed by atoms with Crippen molar-refractivity contribution in [1.29, 1.82) is 0 Å². The molecule has 4 rings (SSSR count). The van der Waals surface area contributed by atoms with Crippen LogP contribution < -0.4 is 4.74 Å². The minimum absolute atomic E-state index is 0.577. The third kappa shape index (κ3) is 2.93. The Kier molecular flexibility index (Phi) is 4.35. The van der Waals surface area contributed by atoms with Gasteiger partial charge in [0.05, 0.1) is 23.3 Å². The van der Waals surface area contributed by atoms with E-state index in [9.17, 15) is 0 Å². The molecular weight excluding hydrogens is 346 g/mol. The van der Waals surface area contributed by atoms with Gasteiger partial charge in [-0.25, -0.2) is 9.67 Å². The number of aryl methyl sites for hydroxylation is 1. The molecule has 2 aromatic carbocycles. The Hall–Kier alpha value is -2.85. The number of pyridine rings is 1. The Morgan fingerprint density at radius 3 is 2.58 bits per heavy atom. The summed E-state index contributed by atoms with van der Waals surface area (Å²) in [6, 6.07) is 16.2. The van der Waals surface area contributed by atoms with Crippen molar-refractivity contribution in [2.45, 2.75) is 13.3 Å². The van der Waals surface area contributed by atoms with E-state index in [1.54, 1.807) is 13.3 Å². The maximum Gasteiger partial charge on any atom is 0.218 e. The molecule has 0 saturated carbocycles. The van der Waals surface area contributed by atoms with E-state index in [2.05, 4.69) is 22.2 Å². The van der Waals surface area contributed by atoms with Crippen molar-refractivity contribution < 1.29 is 4.74 Å². The quantitative estimate of drug-likeness (QED) is 0.513. The summed E-state index contributed by atoms with van der Waals surface area (Å²) in [6.45, 7) is 2.03. The van der Waals surface area contributed by atoms with Crippen LogP contribution in [0.3, 0.4) is 0 Å². The summed E-state index contributed by atoms with van der Waals surface area (Å²) in [4.78, 5) is 4.69. The number of benzene rings is 2. The van der Waals surface area contributed by atoms with Gasteiger partial charge in [0.25, 0.3) is 0 Å². The van der Waals surface area contributed by atoms with Crippen LogP contribution in [-0.2, 0) is 6.42 Å². The van der Waals surface area contributed by atoms with E-state index in [-0.39, 0.29) is 0 Å². The molecule has 0 bridgehead atoms. The van der Waals surface area contributed by atoms with Gasteiger partial charge >= 0.3 is 0 Å². The number of fused-ring (bicyclic) bond motifs is 1. The summed E-state index contributed by atoms with van der Waals surface area (Å²) in [5.41, 5.74) is 5.02. The van der Waals surface area contributed by atoms with Crippen molar-refractivity contribution in [2.24, 2.45) is 0 Å². The summed E-state index contributed by atoms with van der Waals surface area (Å²) < 4.78 is 7.37. The fourth-order valence-electron chi connectivity index (χ4n) is 3.12. The van der Waals surface area contributed by atoms with Gasteiger partial charge < -0.3 is 4.74 Å². The molecule has 0 radical (unpaired) electrons. The topological polar surface area (TPSA) is 39.9 Å². The molecule has 4 nitrogen and oxygen atoms in total. The number of halogens is 1. The Morgan fingerprint density at radius 2 is 1.88 bits per heavy atom. The van der Waals surface area contributed by atoms with Crippen LogP contribution in [0, 0.1) is 6.92 Å². The monoisotopic (exact) mass is 363 g/mol. The molecule has 4 aromatic rings. The number of hydrogen-bond donors (Lipinski definition) is 0. The fraction of sp³-hybridized carbons (Fsp3) is 0.143. The zero-order chi connectivity index (χ0) is 18.1. The van der Waals surface area contributed by atoms with Gasteiger partial charge in [-0.15, -0.1) is 0 Å². The van der Waals surface area contributed by atoms with Crippen LogP contribution in [0.15, 0.2) is 60.9 Å². The minimum atomic E-state index is 0.577. The van der Waals surface area contributed by atoms with Gasteiger partial charge in [-0.2, -0.15) is 5.10 Å². The van der Waals surface area contributed by atoms with Crippen LogP contribution in [0.2, 0.25) is 5.02 Å². The number of nitrogens with zero attached hydrogens (tertiary/aromatic N) is 3. The Bertz CT molecular complexity index is 1060. The lowest BCUT2D eigenvalue weighted by Gasteiger charge is -2.14. The van der Waals surface area contributed by atoms with E-state index in [0.29, 0.717) is 17.3 Å². The molecule has 0 aliphatic heterocycles. The van der Waals surface area contributed by atoms with Gasteiger partial charge in [0, 0.05) is 29.8 Å². The molecule has 0 spiro atoms. The lowest BCUT2D eigenvalue weighted by atomic mass is 10.0.